The number of anilines is 1. The van der Waals surface area contributed by atoms with Crippen molar-refractivity contribution in [1.29, 1.82) is 0 Å². The van der Waals surface area contributed by atoms with Crippen LogP contribution < -0.4 is 9.64 Å². The van der Waals surface area contributed by atoms with Crippen LogP contribution in [0, 0.1) is 0 Å². The maximum Gasteiger partial charge on any atom is 0.337 e. The Morgan fingerprint density at radius 3 is 2.73 bits per heavy atom. The number of rotatable bonds is 2. The lowest BCUT2D eigenvalue weighted by molar-refractivity contribution is 0.0600. The van der Waals surface area contributed by atoms with E-state index in [0.717, 1.165) is 24.4 Å². The van der Waals surface area contributed by atoms with E-state index in [-0.39, 0.29) is 12.1 Å². The molecule has 0 bridgehead atoms. The lowest BCUT2D eigenvalue weighted by Gasteiger charge is -2.24. The first-order chi connectivity index (χ1) is 10.7. The van der Waals surface area contributed by atoms with E-state index in [1.807, 2.05) is 31.2 Å². The van der Waals surface area contributed by atoms with Gasteiger partial charge in [-0.15, -0.1) is 0 Å². The zero-order valence-electron chi connectivity index (χ0n) is 12.8. The second kappa shape index (κ2) is 6.10. The Morgan fingerprint density at radius 2 is 2.00 bits per heavy atom. The molecule has 0 amide bonds. The van der Waals surface area contributed by atoms with Crippen LogP contribution in [-0.4, -0.2) is 25.7 Å². The summed E-state index contributed by atoms with van der Waals surface area (Å²) in [5.41, 5.74) is 2.75. The normalized spacial score (nSPS) is 17.2. The Morgan fingerprint density at radius 1 is 1.23 bits per heavy atom. The first-order valence-corrected chi connectivity index (χ1v) is 7.35. The van der Waals surface area contributed by atoms with Gasteiger partial charge < -0.3 is 14.4 Å². The number of carbonyl (C=O) groups is 1. The number of hydrogen-bond acceptors (Lipinski definition) is 4. The smallest absolute Gasteiger partial charge is 0.337 e. The fraction of sp³-hybridized carbons (Fsp3) is 0.278. The zero-order valence-corrected chi connectivity index (χ0v) is 12.8. The number of para-hydroxylation sites is 1. The summed E-state index contributed by atoms with van der Waals surface area (Å²) in [5.74, 6) is 0.414. The van der Waals surface area contributed by atoms with Crippen molar-refractivity contribution < 1.29 is 14.3 Å². The number of nitrogens with zero attached hydrogens (tertiary/aromatic N) is 1. The van der Waals surface area contributed by atoms with Crippen LogP contribution in [0.5, 0.6) is 5.75 Å². The highest BCUT2D eigenvalue weighted by molar-refractivity contribution is 5.90. The lowest BCUT2D eigenvalue weighted by Crippen LogP contribution is -2.30. The van der Waals surface area contributed by atoms with Gasteiger partial charge in [-0.05, 0) is 31.2 Å². The second-order valence-electron chi connectivity index (χ2n) is 5.46. The minimum Gasteiger partial charge on any atom is -0.488 e. The maximum atomic E-state index is 11.7. The summed E-state index contributed by atoms with van der Waals surface area (Å²) < 4.78 is 10.8. The fourth-order valence-corrected chi connectivity index (χ4v) is 2.71. The van der Waals surface area contributed by atoms with Crippen LogP contribution in [0.1, 0.15) is 22.8 Å². The van der Waals surface area contributed by atoms with Gasteiger partial charge in [0.05, 0.1) is 19.2 Å². The third-order valence-corrected chi connectivity index (χ3v) is 3.78. The summed E-state index contributed by atoms with van der Waals surface area (Å²) in [6, 6.07) is 15.8. The molecule has 4 heteroatoms. The minimum absolute atomic E-state index is 0.0364. The van der Waals surface area contributed by atoms with Crippen molar-refractivity contribution >= 4 is 11.7 Å². The highest BCUT2D eigenvalue weighted by Gasteiger charge is 2.21. The molecule has 0 saturated carbocycles. The molecule has 1 heterocycles. The van der Waals surface area contributed by atoms with Crippen molar-refractivity contribution in [3.05, 3.63) is 59.7 Å². The predicted octanol–water partition coefficient (Wildman–Crippen LogP) is 3.26. The average molecular weight is 297 g/mol. The number of methoxy groups -OCH3 is 1. The van der Waals surface area contributed by atoms with Gasteiger partial charge in [0.15, 0.2) is 0 Å². The second-order valence-corrected chi connectivity index (χ2v) is 5.46. The van der Waals surface area contributed by atoms with Crippen LogP contribution in [0.3, 0.4) is 0 Å². The van der Waals surface area contributed by atoms with Gasteiger partial charge >= 0.3 is 5.97 Å². The van der Waals surface area contributed by atoms with Gasteiger partial charge in [-0.2, -0.15) is 0 Å². The summed E-state index contributed by atoms with van der Waals surface area (Å²) in [6.45, 7) is 3.59. The first-order valence-electron chi connectivity index (χ1n) is 7.35. The van der Waals surface area contributed by atoms with Gasteiger partial charge in [0, 0.05) is 17.8 Å². The van der Waals surface area contributed by atoms with E-state index in [0.29, 0.717) is 5.56 Å². The number of carbonyl (C=O) groups excluding carboxylic acids is 1. The zero-order chi connectivity index (χ0) is 15.5. The molecule has 22 heavy (non-hydrogen) atoms. The fourth-order valence-electron chi connectivity index (χ4n) is 2.71. The number of hydrogen-bond donors (Lipinski definition) is 0. The number of esters is 1. The third-order valence-electron chi connectivity index (χ3n) is 3.78. The van der Waals surface area contributed by atoms with Gasteiger partial charge in [0.1, 0.15) is 11.9 Å². The quantitative estimate of drug-likeness (QED) is 0.798. The molecule has 1 aliphatic rings. The summed E-state index contributed by atoms with van der Waals surface area (Å²) in [7, 11) is 1.38. The molecule has 0 aromatic heterocycles. The van der Waals surface area contributed by atoms with Crippen LogP contribution in [0.15, 0.2) is 48.5 Å². The van der Waals surface area contributed by atoms with E-state index in [1.54, 1.807) is 12.1 Å². The molecule has 0 unspecified atom stereocenters. The molecular formula is C18H19NO3. The van der Waals surface area contributed by atoms with Gasteiger partial charge in [-0.1, -0.05) is 24.3 Å². The number of ether oxygens (including phenoxy) is 2. The van der Waals surface area contributed by atoms with Gasteiger partial charge in [0.25, 0.3) is 0 Å². The number of fused-ring (bicyclic) bond motifs is 1. The van der Waals surface area contributed by atoms with Crippen LogP contribution in [0.2, 0.25) is 0 Å². The van der Waals surface area contributed by atoms with Crippen molar-refractivity contribution in [2.45, 2.75) is 19.6 Å². The molecular weight excluding hydrogens is 278 g/mol. The first kappa shape index (κ1) is 14.4. The standard InChI is InChI=1S/C18H19NO3/c1-13-11-19(16-6-4-3-5-7-16)12-15-9-8-14(18(20)21-2)10-17(15)22-13/h3-10,13H,11-12H2,1-2H3/t13-/m0/s1. The predicted molar refractivity (Wildman–Crippen MR) is 85.4 cm³/mol. The molecule has 114 valence electrons. The Bertz CT molecular complexity index is 669. The van der Waals surface area contributed by atoms with Crippen LogP contribution >= 0.6 is 0 Å². The van der Waals surface area contributed by atoms with E-state index < -0.39 is 0 Å². The van der Waals surface area contributed by atoms with Crippen molar-refractivity contribution in [2.24, 2.45) is 0 Å². The topological polar surface area (TPSA) is 38.8 Å². The Balaban J connectivity index is 1.93. The maximum absolute atomic E-state index is 11.7. The van der Waals surface area contributed by atoms with E-state index in [2.05, 4.69) is 17.0 Å². The molecule has 2 aromatic rings. The molecule has 1 aliphatic heterocycles. The molecule has 0 aliphatic carbocycles. The van der Waals surface area contributed by atoms with Crippen molar-refractivity contribution in [1.82, 2.24) is 0 Å². The van der Waals surface area contributed by atoms with E-state index in [1.165, 1.54) is 12.8 Å². The highest BCUT2D eigenvalue weighted by atomic mass is 16.5. The van der Waals surface area contributed by atoms with Gasteiger partial charge in [-0.25, -0.2) is 4.79 Å². The van der Waals surface area contributed by atoms with Crippen molar-refractivity contribution in [3.63, 3.8) is 0 Å². The molecule has 1 atom stereocenters. The average Bonchev–Trinajstić information content (AvgIpc) is 2.72. The van der Waals surface area contributed by atoms with Crippen LogP contribution in [0.4, 0.5) is 5.69 Å². The minimum atomic E-state index is -0.344. The number of benzene rings is 2. The van der Waals surface area contributed by atoms with Gasteiger partial charge in [0.2, 0.25) is 0 Å². The Labute approximate surface area is 130 Å². The van der Waals surface area contributed by atoms with Crippen LogP contribution in [-0.2, 0) is 11.3 Å². The third kappa shape index (κ3) is 2.91. The summed E-state index contributed by atoms with van der Waals surface area (Å²) >= 11 is 0. The largest absolute Gasteiger partial charge is 0.488 e. The summed E-state index contributed by atoms with van der Waals surface area (Å²) in [4.78, 5) is 14.0. The van der Waals surface area contributed by atoms with Crippen LogP contribution in [0.25, 0.3) is 0 Å². The van der Waals surface area contributed by atoms with E-state index in [9.17, 15) is 4.79 Å². The molecule has 0 spiro atoms. The Kier molecular flexibility index (Phi) is 4.00. The molecule has 0 fully saturated rings. The Hall–Kier alpha value is -2.49. The molecule has 0 saturated heterocycles. The highest BCUT2D eigenvalue weighted by Crippen LogP contribution is 2.29. The SMILES string of the molecule is COC(=O)c1ccc2c(c1)O[C@@H](C)CN(c1ccccc1)C2. The molecule has 3 rings (SSSR count). The van der Waals surface area contributed by atoms with Crippen molar-refractivity contribution in [3.8, 4) is 5.75 Å². The summed E-state index contributed by atoms with van der Waals surface area (Å²) in [5, 5.41) is 0. The van der Waals surface area contributed by atoms with E-state index in [4.69, 9.17) is 9.47 Å². The molecule has 4 nitrogen and oxygen atoms in total. The van der Waals surface area contributed by atoms with Crippen molar-refractivity contribution in [2.75, 3.05) is 18.6 Å². The lowest BCUT2D eigenvalue weighted by atomic mass is 10.1. The molecule has 0 radical (unpaired) electrons. The molecule has 0 N–H and O–H groups in total. The summed E-state index contributed by atoms with van der Waals surface area (Å²) in [6.07, 6.45) is 0.0364. The molecule has 2 aromatic carbocycles. The monoisotopic (exact) mass is 297 g/mol. The van der Waals surface area contributed by atoms with Gasteiger partial charge in [-0.3, -0.25) is 0 Å². The van der Waals surface area contributed by atoms with E-state index >= 15 is 0 Å².